The second-order valence-electron chi connectivity index (χ2n) is 5.70. The van der Waals surface area contributed by atoms with Gasteiger partial charge in [0.25, 0.3) is 5.56 Å². The van der Waals surface area contributed by atoms with E-state index in [4.69, 9.17) is 14.2 Å². The molecule has 140 valence electrons. The summed E-state index contributed by atoms with van der Waals surface area (Å²) < 4.78 is 17.2. The predicted octanol–water partition coefficient (Wildman–Crippen LogP) is 3.10. The molecule has 0 atom stereocenters. The van der Waals surface area contributed by atoms with Crippen molar-refractivity contribution in [3.8, 4) is 22.9 Å². The first-order chi connectivity index (χ1) is 13.0. The van der Waals surface area contributed by atoms with Crippen molar-refractivity contribution in [1.29, 1.82) is 0 Å². The van der Waals surface area contributed by atoms with E-state index in [-0.39, 0.29) is 21.9 Å². The Bertz CT molecular complexity index is 1050. The van der Waals surface area contributed by atoms with Crippen LogP contribution in [0.1, 0.15) is 17.3 Å². The van der Waals surface area contributed by atoms with Crippen molar-refractivity contribution in [1.82, 2.24) is 4.57 Å². The van der Waals surface area contributed by atoms with Crippen molar-refractivity contribution in [3.05, 3.63) is 58.5 Å². The van der Waals surface area contributed by atoms with E-state index in [1.54, 1.807) is 24.3 Å². The Labute approximate surface area is 155 Å². The Kier molecular flexibility index (Phi) is 5.03. The average Bonchev–Trinajstić information content (AvgIpc) is 2.68. The maximum Gasteiger partial charge on any atom is 0.337 e. The lowest BCUT2D eigenvalue weighted by Crippen LogP contribution is -2.20. The van der Waals surface area contributed by atoms with Gasteiger partial charge in [0.1, 0.15) is 5.75 Å². The van der Waals surface area contributed by atoms with Gasteiger partial charge in [-0.15, -0.1) is 0 Å². The monoisotopic (exact) mass is 369 g/mol. The van der Waals surface area contributed by atoms with Crippen LogP contribution in [0.2, 0.25) is 0 Å². The fourth-order valence-electron chi connectivity index (χ4n) is 2.90. The smallest absolute Gasteiger partial charge is 0.337 e. The van der Waals surface area contributed by atoms with Crippen molar-refractivity contribution in [2.24, 2.45) is 0 Å². The number of hydrogen-bond donors (Lipinski definition) is 1. The number of fused-ring (bicyclic) bond motifs is 1. The highest BCUT2D eigenvalue weighted by atomic mass is 16.5. The molecule has 0 bridgehead atoms. The first kappa shape index (κ1) is 18.3. The molecule has 0 aliphatic rings. The van der Waals surface area contributed by atoms with Crippen molar-refractivity contribution in [2.45, 2.75) is 6.92 Å². The summed E-state index contributed by atoms with van der Waals surface area (Å²) in [6, 6.07) is 9.85. The first-order valence-corrected chi connectivity index (χ1v) is 8.28. The summed E-state index contributed by atoms with van der Waals surface area (Å²) in [5, 5.41) is 10.1. The van der Waals surface area contributed by atoms with Gasteiger partial charge in [0, 0.05) is 17.3 Å². The maximum atomic E-state index is 13.0. The highest BCUT2D eigenvalue weighted by Crippen LogP contribution is 2.32. The minimum absolute atomic E-state index is 0.0144. The van der Waals surface area contributed by atoms with Crippen LogP contribution in [0.5, 0.6) is 17.2 Å². The van der Waals surface area contributed by atoms with E-state index >= 15 is 0 Å². The molecule has 2 aromatic carbocycles. The molecule has 1 aromatic heterocycles. The number of ether oxygens (including phenoxy) is 3. The summed E-state index contributed by atoms with van der Waals surface area (Å²) in [4.78, 5) is 24.8. The van der Waals surface area contributed by atoms with E-state index in [0.29, 0.717) is 29.5 Å². The molecular formula is C20H19NO6. The van der Waals surface area contributed by atoms with Crippen molar-refractivity contribution in [3.63, 3.8) is 0 Å². The van der Waals surface area contributed by atoms with Gasteiger partial charge in [-0.3, -0.25) is 9.36 Å². The highest BCUT2D eigenvalue weighted by Gasteiger charge is 2.18. The molecule has 7 nitrogen and oxygen atoms in total. The second kappa shape index (κ2) is 7.41. The van der Waals surface area contributed by atoms with Gasteiger partial charge in [-0.2, -0.15) is 0 Å². The quantitative estimate of drug-likeness (QED) is 0.718. The Hall–Kier alpha value is -3.48. The average molecular weight is 369 g/mol. The summed E-state index contributed by atoms with van der Waals surface area (Å²) in [7, 11) is 2.90. The summed E-state index contributed by atoms with van der Waals surface area (Å²) in [6.07, 6.45) is 1.31. The molecule has 3 rings (SSSR count). The van der Waals surface area contributed by atoms with E-state index in [9.17, 15) is 14.7 Å². The minimum Gasteiger partial charge on any atom is -0.494 e. The zero-order valence-electron chi connectivity index (χ0n) is 15.2. The lowest BCUT2D eigenvalue weighted by atomic mass is 10.1. The van der Waals surface area contributed by atoms with Crippen LogP contribution in [0.4, 0.5) is 0 Å². The summed E-state index contributed by atoms with van der Waals surface area (Å²) in [5.41, 5.74) is 0.155. The van der Waals surface area contributed by atoms with Gasteiger partial charge in [0.15, 0.2) is 11.5 Å². The number of methoxy groups -OCH3 is 2. The number of benzene rings is 2. The topological polar surface area (TPSA) is 87.0 Å². The number of pyridine rings is 1. The molecule has 1 N–H and O–H groups in total. The standard InChI is InChI=1S/C20H19NO6/c1-4-27-13-7-5-12(6-8-13)21-11-16(20(23)24)14-9-17(25-2)18(26-3)10-15(14)19(21)22/h5-11H,4H2,1-3H3,(H,23,24). The minimum atomic E-state index is -1.15. The molecule has 0 unspecified atom stereocenters. The van der Waals surface area contributed by atoms with Crippen molar-refractivity contribution < 1.29 is 24.1 Å². The second-order valence-corrected chi connectivity index (χ2v) is 5.70. The number of aromatic nitrogens is 1. The summed E-state index contributed by atoms with van der Waals surface area (Å²) >= 11 is 0. The van der Waals surface area contributed by atoms with E-state index < -0.39 is 5.97 Å². The largest absolute Gasteiger partial charge is 0.494 e. The number of aromatic carboxylic acids is 1. The molecule has 27 heavy (non-hydrogen) atoms. The van der Waals surface area contributed by atoms with Crippen LogP contribution in [0.15, 0.2) is 47.4 Å². The third-order valence-corrected chi connectivity index (χ3v) is 4.18. The molecular weight excluding hydrogens is 350 g/mol. The van der Waals surface area contributed by atoms with Crippen LogP contribution in [0, 0.1) is 0 Å². The number of hydrogen-bond acceptors (Lipinski definition) is 5. The maximum absolute atomic E-state index is 13.0. The van der Waals surface area contributed by atoms with Crippen LogP contribution in [0.3, 0.4) is 0 Å². The summed E-state index contributed by atoms with van der Waals surface area (Å²) in [5.74, 6) is 0.223. The van der Waals surface area contributed by atoms with E-state index in [0.717, 1.165) is 0 Å². The van der Waals surface area contributed by atoms with Gasteiger partial charge in [0.05, 0.1) is 31.8 Å². The van der Waals surface area contributed by atoms with Crippen molar-refractivity contribution >= 4 is 16.7 Å². The summed E-state index contributed by atoms with van der Waals surface area (Å²) in [6.45, 7) is 2.41. The van der Waals surface area contributed by atoms with Crippen LogP contribution >= 0.6 is 0 Å². The molecule has 7 heteroatoms. The third-order valence-electron chi connectivity index (χ3n) is 4.18. The predicted molar refractivity (Wildman–Crippen MR) is 101 cm³/mol. The molecule has 0 saturated carbocycles. The number of carboxylic acid groups (broad SMARTS) is 1. The normalized spacial score (nSPS) is 10.6. The lowest BCUT2D eigenvalue weighted by molar-refractivity contribution is 0.0698. The molecule has 0 aliphatic carbocycles. The first-order valence-electron chi connectivity index (χ1n) is 8.28. The van der Waals surface area contributed by atoms with E-state index in [2.05, 4.69) is 0 Å². The van der Waals surface area contributed by atoms with E-state index in [1.807, 2.05) is 6.92 Å². The number of nitrogens with zero attached hydrogens (tertiary/aromatic N) is 1. The number of carbonyl (C=O) groups is 1. The van der Waals surface area contributed by atoms with E-state index in [1.165, 1.54) is 37.1 Å². The molecule has 0 aliphatic heterocycles. The van der Waals surface area contributed by atoms with Gasteiger partial charge in [-0.1, -0.05) is 0 Å². The fourth-order valence-corrected chi connectivity index (χ4v) is 2.90. The van der Waals surface area contributed by atoms with Gasteiger partial charge >= 0.3 is 5.97 Å². The Morgan fingerprint density at radius 3 is 2.15 bits per heavy atom. The molecule has 3 aromatic rings. The van der Waals surface area contributed by atoms with Crippen molar-refractivity contribution in [2.75, 3.05) is 20.8 Å². The lowest BCUT2D eigenvalue weighted by Gasteiger charge is -2.14. The molecule has 0 saturated heterocycles. The van der Waals surface area contributed by atoms with Crippen LogP contribution in [0.25, 0.3) is 16.5 Å². The molecule has 1 heterocycles. The molecule has 0 radical (unpaired) electrons. The van der Waals surface area contributed by atoms with Crippen LogP contribution in [-0.2, 0) is 0 Å². The van der Waals surface area contributed by atoms with Gasteiger partial charge in [-0.25, -0.2) is 4.79 Å². The SMILES string of the molecule is CCOc1ccc(-n2cc(C(=O)O)c3cc(OC)c(OC)cc3c2=O)cc1. The highest BCUT2D eigenvalue weighted by molar-refractivity contribution is 6.04. The van der Waals surface area contributed by atoms with Crippen LogP contribution in [-0.4, -0.2) is 36.5 Å². The number of rotatable bonds is 6. The molecule has 0 fully saturated rings. The van der Waals surface area contributed by atoms with Gasteiger partial charge in [0.2, 0.25) is 0 Å². The van der Waals surface area contributed by atoms with Gasteiger partial charge < -0.3 is 19.3 Å². The Balaban J connectivity index is 2.29. The molecule has 0 amide bonds. The van der Waals surface area contributed by atoms with Gasteiger partial charge in [-0.05, 0) is 43.3 Å². The molecule has 0 spiro atoms. The zero-order chi connectivity index (χ0) is 19.6. The third kappa shape index (κ3) is 3.31. The zero-order valence-corrected chi connectivity index (χ0v) is 15.2. The Morgan fingerprint density at radius 2 is 1.63 bits per heavy atom. The Morgan fingerprint density at radius 1 is 1.04 bits per heavy atom. The fraction of sp³-hybridized carbons (Fsp3) is 0.200. The number of carboxylic acids is 1. The van der Waals surface area contributed by atoms with Crippen LogP contribution < -0.4 is 19.8 Å².